The Morgan fingerprint density at radius 3 is 2.38 bits per heavy atom. The Kier molecular flexibility index (Phi) is 5.80. The van der Waals surface area contributed by atoms with Crippen molar-refractivity contribution in [3.8, 4) is 0 Å². The first-order valence-corrected chi connectivity index (χ1v) is 9.31. The summed E-state index contributed by atoms with van der Waals surface area (Å²) in [4.78, 5) is 36.7. The standard InChI is InChI=1S/C18H24N4O4/c23-18(13-7-3-1-4-8-13)19-14-11-16(21-9-5-2-6-10-21)17(22(25)26)12-15(14)20-24/h11-13H,1-10H2,(H,19,23). The van der Waals surface area contributed by atoms with Gasteiger partial charge in [0.2, 0.25) is 5.91 Å². The lowest BCUT2D eigenvalue weighted by Crippen LogP contribution is -2.30. The molecule has 8 nitrogen and oxygen atoms in total. The van der Waals surface area contributed by atoms with E-state index in [4.69, 9.17) is 0 Å². The molecule has 1 aromatic rings. The minimum atomic E-state index is -0.495. The number of carbonyl (C=O) groups excluding carboxylic acids is 1. The molecule has 1 aliphatic heterocycles. The van der Waals surface area contributed by atoms with Crippen molar-refractivity contribution in [3.05, 3.63) is 27.2 Å². The molecular weight excluding hydrogens is 336 g/mol. The molecule has 2 fully saturated rings. The van der Waals surface area contributed by atoms with Crippen LogP contribution in [0.3, 0.4) is 0 Å². The van der Waals surface area contributed by atoms with Crippen LogP contribution in [0.1, 0.15) is 51.4 Å². The van der Waals surface area contributed by atoms with E-state index in [2.05, 4.69) is 10.5 Å². The van der Waals surface area contributed by atoms with Gasteiger partial charge in [0.25, 0.3) is 5.69 Å². The van der Waals surface area contributed by atoms with Crippen LogP contribution in [-0.4, -0.2) is 23.9 Å². The van der Waals surface area contributed by atoms with Gasteiger partial charge in [-0.1, -0.05) is 19.3 Å². The highest BCUT2D eigenvalue weighted by molar-refractivity contribution is 5.97. The Bertz CT molecular complexity index is 695. The summed E-state index contributed by atoms with van der Waals surface area (Å²) in [7, 11) is 0. The number of nitroso groups, excluding NO2 is 1. The summed E-state index contributed by atoms with van der Waals surface area (Å²) >= 11 is 0. The van der Waals surface area contributed by atoms with Gasteiger partial charge in [-0.3, -0.25) is 14.9 Å². The normalized spacial score (nSPS) is 18.4. The molecule has 1 saturated heterocycles. The van der Waals surface area contributed by atoms with Crippen LogP contribution in [0, 0.1) is 20.9 Å². The van der Waals surface area contributed by atoms with Crippen LogP contribution in [-0.2, 0) is 4.79 Å². The van der Waals surface area contributed by atoms with Crippen molar-refractivity contribution in [2.45, 2.75) is 51.4 Å². The predicted molar refractivity (Wildman–Crippen MR) is 99.8 cm³/mol. The van der Waals surface area contributed by atoms with E-state index in [9.17, 15) is 19.8 Å². The summed E-state index contributed by atoms with van der Waals surface area (Å²) in [6.45, 7) is 1.45. The molecule has 0 unspecified atom stereocenters. The second-order valence-electron chi connectivity index (χ2n) is 7.08. The quantitative estimate of drug-likeness (QED) is 0.473. The zero-order valence-electron chi connectivity index (χ0n) is 14.8. The maximum Gasteiger partial charge on any atom is 0.294 e. The number of anilines is 2. The lowest BCUT2D eigenvalue weighted by molar-refractivity contribution is -0.384. The summed E-state index contributed by atoms with van der Waals surface area (Å²) in [6.07, 6.45) is 7.89. The van der Waals surface area contributed by atoms with Gasteiger partial charge in [-0.15, -0.1) is 4.91 Å². The lowest BCUT2D eigenvalue weighted by Gasteiger charge is -2.29. The molecule has 1 amide bonds. The molecule has 0 radical (unpaired) electrons. The fourth-order valence-electron chi connectivity index (χ4n) is 3.88. The molecule has 1 saturated carbocycles. The summed E-state index contributed by atoms with van der Waals surface area (Å²) in [5.74, 6) is -0.204. The number of rotatable bonds is 5. The minimum absolute atomic E-state index is 0.0723. The maximum absolute atomic E-state index is 12.5. The SMILES string of the molecule is O=Nc1cc([N+](=O)[O-])c(N2CCCCC2)cc1NC(=O)C1CCCCC1. The van der Waals surface area contributed by atoms with Crippen molar-refractivity contribution in [3.63, 3.8) is 0 Å². The van der Waals surface area contributed by atoms with Gasteiger partial charge < -0.3 is 10.2 Å². The molecule has 3 rings (SSSR count). The number of hydrogen-bond donors (Lipinski definition) is 1. The highest BCUT2D eigenvalue weighted by Crippen LogP contribution is 2.40. The van der Waals surface area contributed by atoms with E-state index < -0.39 is 4.92 Å². The van der Waals surface area contributed by atoms with E-state index in [1.54, 1.807) is 6.07 Å². The predicted octanol–water partition coefficient (Wildman–Crippen LogP) is 4.50. The number of carbonyl (C=O) groups is 1. The Morgan fingerprint density at radius 2 is 1.77 bits per heavy atom. The minimum Gasteiger partial charge on any atom is -0.366 e. The fraction of sp³-hybridized carbons (Fsp3) is 0.611. The maximum atomic E-state index is 12.5. The van der Waals surface area contributed by atoms with Crippen LogP contribution in [0.15, 0.2) is 17.3 Å². The van der Waals surface area contributed by atoms with E-state index in [1.807, 2.05) is 4.90 Å². The zero-order chi connectivity index (χ0) is 18.5. The van der Waals surface area contributed by atoms with Crippen LogP contribution >= 0.6 is 0 Å². The van der Waals surface area contributed by atoms with Gasteiger partial charge in [-0.25, -0.2) is 0 Å². The first-order valence-electron chi connectivity index (χ1n) is 9.31. The Balaban J connectivity index is 1.91. The molecular formula is C18H24N4O4. The molecule has 2 aliphatic rings. The molecule has 1 heterocycles. The molecule has 140 valence electrons. The third-order valence-electron chi connectivity index (χ3n) is 5.32. The van der Waals surface area contributed by atoms with E-state index in [-0.39, 0.29) is 28.9 Å². The van der Waals surface area contributed by atoms with Gasteiger partial charge in [-0.05, 0) is 43.3 Å². The van der Waals surface area contributed by atoms with Crippen molar-refractivity contribution in [2.24, 2.45) is 11.1 Å². The molecule has 1 aliphatic carbocycles. The molecule has 26 heavy (non-hydrogen) atoms. The number of nitrogens with one attached hydrogen (secondary N) is 1. The van der Waals surface area contributed by atoms with Gasteiger partial charge in [0.1, 0.15) is 11.4 Å². The molecule has 0 aromatic heterocycles. The number of amides is 1. The van der Waals surface area contributed by atoms with Gasteiger partial charge >= 0.3 is 0 Å². The average Bonchev–Trinajstić information content (AvgIpc) is 2.68. The molecule has 0 spiro atoms. The van der Waals surface area contributed by atoms with E-state index in [0.717, 1.165) is 64.5 Å². The van der Waals surface area contributed by atoms with Gasteiger partial charge in [0.15, 0.2) is 0 Å². The third-order valence-corrected chi connectivity index (χ3v) is 5.32. The number of hydrogen-bond acceptors (Lipinski definition) is 6. The van der Waals surface area contributed by atoms with Crippen molar-refractivity contribution in [1.29, 1.82) is 0 Å². The van der Waals surface area contributed by atoms with E-state index >= 15 is 0 Å². The topological polar surface area (TPSA) is 105 Å². The van der Waals surface area contributed by atoms with E-state index in [1.165, 1.54) is 6.07 Å². The summed E-state index contributed by atoms with van der Waals surface area (Å²) in [5, 5.41) is 17.2. The smallest absolute Gasteiger partial charge is 0.294 e. The molecule has 0 atom stereocenters. The van der Waals surface area contributed by atoms with Crippen molar-refractivity contribution < 1.29 is 9.72 Å². The van der Waals surface area contributed by atoms with Crippen molar-refractivity contribution in [2.75, 3.05) is 23.3 Å². The third kappa shape index (κ3) is 4.00. The van der Waals surface area contributed by atoms with Crippen LogP contribution in [0.2, 0.25) is 0 Å². The Labute approximate surface area is 152 Å². The van der Waals surface area contributed by atoms with Crippen LogP contribution in [0.25, 0.3) is 0 Å². The second kappa shape index (κ2) is 8.25. The largest absolute Gasteiger partial charge is 0.366 e. The number of nitrogens with zero attached hydrogens (tertiary/aromatic N) is 3. The summed E-state index contributed by atoms with van der Waals surface area (Å²) < 4.78 is 0. The molecule has 0 bridgehead atoms. The van der Waals surface area contributed by atoms with Crippen LogP contribution < -0.4 is 10.2 Å². The van der Waals surface area contributed by atoms with E-state index in [0.29, 0.717) is 5.69 Å². The van der Waals surface area contributed by atoms with Crippen LogP contribution in [0.5, 0.6) is 0 Å². The second-order valence-corrected chi connectivity index (χ2v) is 7.08. The highest BCUT2D eigenvalue weighted by atomic mass is 16.6. The highest BCUT2D eigenvalue weighted by Gasteiger charge is 2.27. The number of nitro groups is 1. The Morgan fingerprint density at radius 1 is 1.12 bits per heavy atom. The molecule has 1 N–H and O–H groups in total. The molecule has 1 aromatic carbocycles. The first-order chi connectivity index (χ1) is 12.6. The monoisotopic (exact) mass is 360 g/mol. The number of nitro benzene ring substituents is 1. The molecule has 8 heteroatoms. The summed E-state index contributed by atoms with van der Waals surface area (Å²) in [6, 6.07) is 2.72. The van der Waals surface area contributed by atoms with Gasteiger partial charge in [0, 0.05) is 25.1 Å². The first kappa shape index (κ1) is 18.3. The fourth-order valence-corrected chi connectivity index (χ4v) is 3.88. The van der Waals surface area contributed by atoms with Gasteiger partial charge in [0.05, 0.1) is 10.6 Å². The van der Waals surface area contributed by atoms with Crippen LogP contribution in [0.4, 0.5) is 22.7 Å². The summed E-state index contributed by atoms with van der Waals surface area (Å²) in [5.41, 5.74) is 0.474. The number of piperidine rings is 1. The van der Waals surface area contributed by atoms with Crippen molar-refractivity contribution >= 4 is 28.7 Å². The van der Waals surface area contributed by atoms with Crippen molar-refractivity contribution in [1.82, 2.24) is 0 Å². The lowest BCUT2D eigenvalue weighted by atomic mass is 9.88. The average molecular weight is 360 g/mol. The zero-order valence-corrected chi connectivity index (χ0v) is 14.8. The number of benzene rings is 1. The Hall–Kier alpha value is -2.51. The van der Waals surface area contributed by atoms with Gasteiger partial charge in [-0.2, -0.15) is 0 Å².